The van der Waals surface area contributed by atoms with E-state index in [-0.39, 0.29) is 11.9 Å². The number of morpholine rings is 1. The van der Waals surface area contributed by atoms with Gasteiger partial charge in [-0.3, -0.25) is 14.6 Å². The Kier molecular flexibility index (Phi) is 6.84. The maximum absolute atomic E-state index is 12.4. The summed E-state index contributed by atoms with van der Waals surface area (Å²) in [5, 5.41) is 3.20. The van der Waals surface area contributed by atoms with Crippen molar-refractivity contribution in [3.05, 3.63) is 35.4 Å². The zero-order valence-electron chi connectivity index (χ0n) is 15.4. The molecule has 0 saturated carbocycles. The average Bonchev–Trinajstić information content (AvgIpc) is 3.09. The summed E-state index contributed by atoms with van der Waals surface area (Å²) in [6, 6.07) is 8.31. The highest BCUT2D eigenvalue weighted by atomic mass is 16.5. The summed E-state index contributed by atoms with van der Waals surface area (Å²) in [5.74, 6) is 0.0584. The summed E-state index contributed by atoms with van der Waals surface area (Å²) >= 11 is 0. The van der Waals surface area contributed by atoms with Gasteiger partial charge >= 0.3 is 0 Å². The molecule has 0 radical (unpaired) electrons. The number of carbonyl (C=O) groups excluding carboxylic acids is 1. The fourth-order valence-electron chi connectivity index (χ4n) is 3.64. The van der Waals surface area contributed by atoms with Gasteiger partial charge in [-0.05, 0) is 30.5 Å². The quantitative estimate of drug-likeness (QED) is 0.818. The molecule has 2 fully saturated rings. The number of nitrogens with zero attached hydrogens (tertiary/aromatic N) is 2. The molecule has 3 rings (SSSR count). The van der Waals surface area contributed by atoms with Crippen molar-refractivity contribution in [2.45, 2.75) is 32.2 Å². The van der Waals surface area contributed by atoms with Gasteiger partial charge in [0.1, 0.15) is 0 Å². The topological polar surface area (TPSA) is 44.8 Å². The molecule has 0 bridgehead atoms. The van der Waals surface area contributed by atoms with Gasteiger partial charge in [0.05, 0.1) is 13.2 Å². The molecule has 1 aromatic rings. The second-order valence-electron chi connectivity index (χ2n) is 7.16. The van der Waals surface area contributed by atoms with Gasteiger partial charge in [0.25, 0.3) is 5.91 Å². The Hall–Kier alpha value is -1.43. The Morgan fingerprint density at radius 1 is 1.12 bits per heavy atom. The first-order valence-electron chi connectivity index (χ1n) is 9.67. The largest absolute Gasteiger partial charge is 0.379 e. The Morgan fingerprint density at radius 2 is 1.84 bits per heavy atom. The molecule has 2 aliphatic heterocycles. The molecule has 2 heterocycles. The standard InChI is InChI=1S/C20H31N3O2/c1-2-3-17-4-6-18(7-5-17)20(24)21-19-8-9-23(16-19)11-10-22-12-14-25-15-13-22/h4-7,19H,2-3,8-16H2,1H3,(H,21,24)/t19-/m1/s1. The molecule has 2 aliphatic rings. The van der Waals surface area contributed by atoms with E-state index >= 15 is 0 Å². The molecule has 0 unspecified atom stereocenters. The first-order valence-corrected chi connectivity index (χ1v) is 9.67. The van der Waals surface area contributed by atoms with Gasteiger partial charge < -0.3 is 10.1 Å². The van der Waals surface area contributed by atoms with E-state index in [0.717, 1.165) is 77.3 Å². The van der Waals surface area contributed by atoms with E-state index in [1.165, 1.54) is 5.56 Å². The van der Waals surface area contributed by atoms with Crippen LogP contribution in [0.1, 0.15) is 35.7 Å². The van der Waals surface area contributed by atoms with Crippen molar-refractivity contribution in [2.75, 3.05) is 52.5 Å². The van der Waals surface area contributed by atoms with Crippen LogP contribution in [0.3, 0.4) is 0 Å². The Labute approximate surface area is 151 Å². The van der Waals surface area contributed by atoms with Gasteiger partial charge in [-0.1, -0.05) is 25.5 Å². The van der Waals surface area contributed by atoms with Gasteiger partial charge in [-0.15, -0.1) is 0 Å². The maximum Gasteiger partial charge on any atom is 0.251 e. The van der Waals surface area contributed by atoms with E-state index in [9.17, 15) is 4.79 Å². The van der Waals surface area contributed by atoms with Crippen molar-refractivity contribution in [3.8, 4) is 0 Å². The minimum absolute atomic E-state index is 0.0584. The lowest BCUT2D eigenvalue weighted by molar-refractivity contribution is 0.0343. The van der Waals surface area contributed by atoms with Crippen LogP contribution < -0.4 is 5.32 Å². The highest BCUT2D eigenvalue weighted by Crippen LogP contribution is 2.12. The number of benzene rings is 1. The number of nitrogens with one attached hydrogen (secondary N) is 1. The molecule has 1 atom stereocenters. The summed E-state index contributed by atoms with van der Waals surface area (Å²) in [5.41, 5.74) is 2.07. The fraction of sp³-hybridized carbons (Fsp3) is 0.650. The van der Waals surface area contributed by atoms with Crippen molar-refractivity contribution >= 4 is 5.91 Å². The van der Waals surface area contributed by atoms with Crippen LogP contribution in [-0.4, -0.2) is 74.2 Å². The van der Waals surface area contributed by atoms with Crippen LogP contribution >= 0.6 is 0 Å². The van der Waals surface area contributed by atoms with E-state index in [1.807, 2.05) is 12.1 Å². The predicted octanol–water partition coefficient (Wildman–Crippen LogP) is 1.78. The third kappa shape index (κ3) is 5.53. The van der Waals surface area contributed by atoms with Crippen LogP contribution in [-0.2, 0) is 11.2 Å². The van der Waals surface area contributed by atoms with Crippen LogP contribution in [0.2, 0.25) is 0 Å². The molecular formula is C20H31N3O2. The Morgan fingerprint density at radius 3 is 2.56 bits per heavy atom. The SMILES string of the molecule is CCCc1ccc(C(=O)N[C@@H]2CCN(CCN3CCOCC3)C2)cc1. The minimum atomic E-state index is 0.0584. The summed E-state index contributed by atoms with van der Waals surface area (Å²) in [6.45, 7) is 10.2. The summed E-state index contributed by atoms with van der Waals surface area (Å²) in [4.78, 5) is 17.4. The van der Waals surface area contributed by atoms with Crippen molar-refractivity contribution in [3.63, 3.8) is 0 Å². The average molecular weight is 345 g/mol. The van der Waals surface area contributed by atoms with E-state index in [2.05, 4.69) is 34.2 Å². The highest BCUT2D eigenvalue weighted by Gasteiger charge is 2.24. The highest BCUT2D eigenvalue weighted by molar-refractivity contribution is 5.94. The number of ether oxygens (including phenoxy) is 1. The molecule has 5 heteroatoms. The molecule has 1 N–H and O–H groups in total. The number of hydrogen-bond donors (Lipinski definition) is 1. The van der Waals surface area contributed by atoms with E-state index < -0.39 is 0 Å². The van der Waals surface area contributed by atoms with Gasteiger partial charge in [0, 0.05) is 50.9 Å². The smallest absolute Gasteiger partial charge is 0.251 e. The molecule has 2 saturated heterocycles. The molecule has 1 aromatic carbocycles. The molecule has 1 amide bonds. The van der Waals surface area contributed by atoms with Crippen molar-refractivity contribution in [1.82, 2.24) is 15.1 Å². The minimum Gasteiger partial charge on any atom is -0.379 e. The van der Waals surface area contributed by atoms with E-state index in [1.54, 1.807) is 0 Å². The monoisotopic (exact) mass is 345 g/mol. The van der Waals surface area contributed by atoms with Gasteiger partial charge in [-0.25, -0.2) is 0 Å². The zero-order valence-corrected chi connectivity index (χ0v) is 15.4. The van der Waals surface area contributed by atoms with E-state index in [4.69, 9.17) is 4.74 Å². The van der Waals surface area contributed by atoms with Crippen molar-refractivity contribution in [1.29, 1.82) is 0 Å². The van der Waals surface area contributed by atoms with Crippen LogP contribution in [0.4, 0.5) is 0 Å². The lowest BCUT2D eigenvalue weighted by Gasteiger charge is -2.28. The van der Waals surface area contributed by atoms with Gasteiger partial charge in [-0.2, -0.15) is 0 Å². The number of hydrogen-bond acceptors (Lipinski definition) is 4. The number of likely N-dealkylation sites (tertiary alicyclic amines) is 1. The van der Waals surface area contributed by atoms with Crippen molar-refractivity contribution in [2.24, 2.45) is 0 Å². The second kappa shape index (κ2) is 9.32. The lowest BCUT2D eigenvalue weighted by Crippen LogP contribution is -2.42. The first kappa shape index (κ1) is 18.4. The fourth-order valence-corrected chi connectivity index (χ4v) is 3.64. The van der Waals surface area contributed by atoms with E-state index in [0.29, 0.717) is 0 Å². The summed E-state index contributed by atoms with van der Waals surface area (Å²) in [7, 11) is 0. The van der Waals surface area contributed by atoms with Crippen LogP contribution in [0, 0.1) is 0 Å². The van der Waals surface area contributed by atoms with Gasteiger partial charge in [0.2, 0.25) is 0 Å². The van der Waals surface area contributed by atoms with Crippen LogP contribution in [0.25, 0.3) is 0 Å². The third-order valence-electron chi connectivity index (χ3n) is 5.20. The number of rotatable bonds is 7. The third-order valence-corrected chi connectivity index (χ3v) is 5.20. The maximum atomic E-state index is 12.4. The van der Waals surface area contributed by atoms with Crippen LogP contribution in [0.15, 0.2) is 24.3 Å². The number of carbonyl (C=O) groups is 1. The predicted molar refractivity (Wildman–Crippen MR) is 100 cm³/mol. The Balaban J connectivity index is 1.40. The second-order valence-corrected chi connectivity index (χ2v) is 7.16. The summed E-state index contributed by atoms with van der Waals surface area (Å²) in [6.07, 6.45) is 3.25. The Bertz CT molecular complexity index is 540. The number of aryl methyl sites for hydroxylation is 1. The lowest BCUT2D eigenvalue weighted by atomic mass is 10.1. The first-order chi connectivity index (χ1) is 12.2. The van der Waals surface area contributed by atoms with Crippen molar-refractivity contribution < 1.29 is 9.53 Å². The number of amides is 1. The molecule has 138 valence electrons. The molecule has 25 heavy (non-hydrogen) atoms. The normalized spacial score (nSPS) is 22.2. The molecule has 0 aromatic heterocycles. The summed E-state index contributed by atoms with van der Waals surface area (Å²) < 4.78 is 5.39. The molecule has 5 nitrogen and oxygen atoms in total. The molecule has 0 spiro atoms. The molecule has 0 aliphatic carbocycles. The van der Waals surface area contributed by atoms with Crippen LogP contribution in [0.5, 0.6) is 0 Å². The van der Waals surface area contributed by atoms with Gasteiger partial charge in [0.15, 0.2) is 0 Å². The zero-order chi connectivity index (χ0) is 17.5. The molecular weight excluding hydrogens is 314 g/mol.